The van der Waals surface area contributed by atoms with Gasteiger partial charge in [0.2, 0.25) is 41.6 Å². The molecule has 0 aromatic carbocycles. The Morgan fingerprint density at radius 1 is 0.367 bits per heavy atom. The maximum Gasteiger partial charge on any atom is 0.406 e. The van der Waals surface area contributed by atoms with Gasteiger partial charge in [0.15, 0.2) is 0 Å². The Morgan fingerprint density at radius 3 is 0.983 bits per heavy atom. The van der Waals surface area contributed by atoms with E-state index in [2.05, 4.69) is 189 Å². The van der Waals surface area contributed by atoms with Crippen LogP contribution in [0.15, 0.2) is 88.4 Å². The van der Waals surface area contributed by atoms with Crippen LogP contribution in [0.25, 0.3) is 0 Å². The highest BCUT2D eigenvalue weighted by atomic mass is 16.5. The molecule has 7 aromatic rings. The van der Waals surface area contributed by atoms with E-state index in [-0.39, 0.29) is 122 Å². The van der Waals surface area contributed by atoms with Gasteiger partial charge in [0, 0.05) is 136 Å². The molecule has 7 heterocycles. The Balaban J connectivity index is 0.000000694. The van der Waals surface area contributed by atoms with Crippen molar-refractivity contribution in [3.05, 3.63) is 156 Å². The Kier molecular flexibility index (Phi) is 53.6. The van der Waals surface area contributed by atoms with Crippen molar-refractivity contribution in [1.82, 2.24) is 112 Å². The van der Waals surface area contributed by atoms with Crippen molar-refractivity contribution in [1.29, 1.82) is 0 Å². The second-order valence-corrected chi connectivity index (χ2v) is 26.3. The van der Waals surface area contributed by atoms with Crippen LogP contribution in [0.5, 0.6) is 0 Å². The van der Waals surface area contributed by atoms with Gasteiger partial charge in [0.1, 0.15) is 0 Å². The van der Waals surface area contributed by atoms with E-state index >= 15 is 0 Å². The lowest BCUT2D eigenvalue weighted by atomic mass is 9.83. The summed E-state index contributed by atoms with van der Waals surface area (Å²) < 4.78 is 4.24. The maximum atomic E-state index is 11.9. The molecule has 120 heavy (non-hydrogen) atoms. The van der Waals surface area contributed by atoms with Gasteiger partial charge in [-0.15, -0.1) is 0 Å². The molecule has 662 valence electrons. The standard InChI is InChI=1S/C14H24N4O2.C13H20N4O2.C11H18N4O2.2C10H16N4O2.C7H10N4O2.C6H8N4O2.C4H9NO2/c1-3-5-7-8-11-10-12(19)17-13(16-11)18-14(20)15-9-6-4-2;1-9-8-10(18)15-11(14-9)16-12(19)17-13(2)6-4-3-5-7-13;1-3-4-5-6-12-11(17)15-10-13-8(2)7-9(16)14-10;1-3-4-5-11-10(16)14-9-12-7(2)6-8(15)13-9;1-2-3-4-6-12-10(16)14-9-11-7-5-8(15)13-9;1-4-3-5(12)10-6(9-4)11-7(13)8-2;1-7-6(12)10-5-8-3-2-4(11)9-5;1-3-5-4(6)7-2/h10H,3-9H2,1-2H3,(H3,15,16,17,18,19,20);8H,3-7H2,1-2H3,(H3,14,15,16,17,18,19);7H,3-6H2,1-2H3,(H3,12,13,14,15,16,17);6H,3-5H2,1-2H3,(H3,11,12,13,14,15,16);5,7H,2-4,6H2,1H3,(H3,11,12,13,14,15,16);3H,1-2H3,(H3,8,9,10,11,12,13);2-3H,1H3,(H3,7,8,9,10,11,12);3H2,1-2H3,(H,5,6). The molecule has 0 radical (unpaired) electrons. The number of aryl methyl sites for hydroxylation is 5. The van der Waals surface area contributed by atoms with E-state index in [0.717, 1.165) is 116 Å². The molecule has 0 spiro atoms. The lowest BCUT2D eigenvalue weighted by Crippen LogP contribution is -2.49. The van der Waals surface area contributed by atoms with E-state index in [1.54, 1.807) is 27.7 Å². The van der Waals surface area contributed by atoms with Crippen LogP contribution in [0.1, 0.15) is 193 Å². The van der Waals surface area contributed by atoms with Crippen LogP contribution in [0.2, 0.25) is 0 Å². The monoisotopic (exact) mass is 1680 g/mol. The molecule has 0 unspecified atom stereocenters. The van der Waals surface area contributed by atoms with Gasteiger partial charge in [-0.05, 0) is 92.9 Å². The topological polar surface area (TPSA) is 646 Å². The molecule has 45 heteroatoms. The molecule has 8 rings (SSSR count). The minimum atomic E-state index is -0.427. The average Bonchev–Trinajstić information content (AvgIpc) is 0.850. The Bertz CT molecular complexity index is 4670. The third-order valence-electron chi connectivity index (χ3n) is 15.4. The molecule has 7 aromatic heterocycles. The fourth-order valence-corrected chi connectivity index (χ4v) is 9.62. The summed E-state index contributed by atoms with van der Waals surface area (Å²) in [4.78, 5) is 211. The van der Waals surface area contributed by atoms with Crippen molar-refractivity contribution >= 4 is 89.9 Å². The van der Waals surface area contributed by atoms with Crippen molar-refractivity contribution in [2.75, 3.05) is 91.1 Å². The minimum absolute atomic E-state index is 0.127. The van der Waals surface area contributed by atoms with Crippen LogP contribution in [0.4, 0.5) is 80.0 Å². The van der Waals surface area contributed by atoms with Gasteiger partial charge in [-0.2, -0.15) is 0 Å². The first-order valence-electron chi connectivity index (χ1n) is 39.3. The third kappa shape index (κ3) is 52.7. The number of carbonyl (C=O) groups excluding carboxylic acids is 8. The average molecular weight is 1680 g/mol. The second kappa shape index (κ2) is 61.7. The fraction of sp³-hybridized carbons (Fsp3) is 0.520. The van der Waals surface area contributed by atoms with Crippen molar-refractivity contribution in [2.45, 2.75) is 204 Å². The Morgan fingerprint density at radius 2 is 0.667 bits per heavy atom. The Labute approximate surface area is 693 Å². The number of nitrogens with zero attached hydrogens (tertiary/aromatic N) is 7. The van der Waals surface area contributed by atoms with E-state index in [0.29, 0.717) is 61.2 Å². The molecule has 1 saturated carbocycles. The molecule has 0 bridgehead atoms. The second-order valence-electron chi connectivity index (χ2n) is 26.3. The summed E-state index contributed by atoms with van der Waals surface area (Å²) in [5.41, 5.74) is 0.836. The van der Waals surface area contributed by atoms with Gasteiger partial charge in [-0.3, -0.25) is 106 Å². The van der Waals surface area contributed by atoms with Crippen LogP contribution < -0.4 is 119 Å². The maximum absolute atomic E-state index is 11.9. The summed E-state index contributed by atoms with van der Waals surface area (Å²) in [6, 6.07) is 6.89. The number of ether oxygens (including phenoxy) is 1. The fourth-order valence-electron chi connectivity index (χ4n) is 9.62. The molecule has 45 nitrogen and oxygen atoms in total. The van der Waals surface area contributed by atoms with Crippen LogP contribution in [0, 0.1) is 27.7 Å². The molecule has 1 aliphatic carbocycles. The van der Waals surface area contributed by atoms with Crippen LogP contribution in [0.3, 0.4) is 0 Å². The third-order valence-corrected chi connectivity index (χ3v) is 15.4. The normalized spacial score (nSPS) is 10.9. The number of methoxy groups -OCH3 is 1. The van der Waals surface area contributed by atoms with Gasteiger partial charge >= 0.3 is 48.3 Å². The largest absolute Gasteiger partial charge is 0.453 e. The number of amides is 15. The number of anilines is 7. The van der Waals surface area contributed by atoms with Crippen molar-refractivity contribution in [2.24, 2.45) is 0 Å². The van der Waals surface area contributed by atoms with E-state index in [9.17, 15) is 71.9 Å². The SMILES string of the molecule is CCCCCNC(=O)Nc1nc(C)cc(=O)[nH]1.CCCCCNC(=O)Nc1nccc(=O)[nH]1.CCCCCc1cc(=O)[nH]c(NC(=O)NCCCC)n1.CCCCNC(=O)Nc1nc(C)cc(=O)[nH]1.CCNC(=O)OC.CNC(=O)Nc1nc(C)cc(=O)[nH]1.CNC(=O)Nc1nccc(=O)[nH]1.Cc1cc(=O)[nH]c(NC(=O)NC2(C)CCCCC2)n1. The van der Waals surface area contributed by atoms with E-state index in [1.165, 1.54) is 82.5 Å². The van der Waals surface area contributed by atoms with Crippen LogP contribution in [-0.4, -0.2) is 178 Å². The lowest BCUT2D eigenvalue weighted by molar-refractivity contribution is 0.171. The minimum Gasteiger partial charge on any atom is -0.453 e. The molecule has 15 amide bonds. The number of nitrogens with one attached hydrogen (secondary N) is 22. The van der Waals surface area contributed by atoms with Gasteiger partial charge in [-0.25, -0.2) is 73.2 Å². The quantitative estimate of drug-likeness (QED) is 0.0221. The van der Waals surface area contributed by atoms with Crippen LogP contribution in [-0.2, 0) is 11.2 Å². The number of carbonyl (C=O) groups is 8. The summed E-state index contributed by atoms with van der Waals surface area (Å²) in [6.45, 7) is 24.1. The molecule has 0 atom stereocenters. The number of unbranched alkanes of at least 4 members (excludes halogenated alkanes) is 8. The zero-order valence-corrected chi connectivity index (χ0v) is 70.8. The van der Waals surface area contributed by atoms with Crippen LogP contribution >= 0.6 is 0 Å². The number of H-pyrrole nitrogens is 7. The van der Waals surface area contributed by atoms with Gasteiger partial charge in [-0.1, -0.05) is 105 Å². The summed E-state index contributed by atoms with van der Waals surface area (Å²) in [5, 5.41) is 38.0. The Hall–Kier alpha value is -13.7. The number of urea groups is 7. The first-order valence-corrected chi connectivity index (χ1v) is 39.3. The highest BCUT2D eigenvalue weighted by molar-refractivity contribution is 5.90. The van der Waals surface area contributed by atoms with E-state index in [4.69, 9.17) is 0 Å². The molecule has 0 aliphatic heterocycles. The number of rotatable bonds is 27. The number of alkyl carbamates (subject to hydrolysis) is 1. The summed E-state index contributed by atoms with van der Waals surface area (Å²) in [6.07, 6.45) is 21.9. The van der Waals surface area contributed by atoms with E-state index in [1.807, 2.05) is 13.8 Å². The zero-order valence-electron chi connectivity index (χ0n) is 70.8. The molecule has 1 aliphatic rings. The summed E-state index contributed by atoms with van der Waals surface area (Å²) in [7, 11) is 4.28. The van der Waals surface area contributed by atoms with Gasteiger partial charge < -0.3 is 47.3 Å². The molecular weight excluding hydrogens is 1560 g/mol. The number of hydrogen-bond donors (Lipinski definition) is 22. The molecule has 0 saturated heterocycles. The first-order chi connectivity index (χ1) is 57.2. The predicted octanol–water partition coefficient (Wildman–Crippen LogP) is 7.53. The number of aromatic amines is 7. The molecule has 1 fully saturated rings. The zero-order chi connectivity index (χ0) is 89.6. The van der Waals surface area contributed by atoms with Gasteiger partial charge in [0.25, 0.3) is 38.9 Å². The predicted molar refractivity (Wildman–Crippen MR) is 459 cm³/mol. The molecule has 22 N–H and O–H groups in total. The van der Waals surface area contributed by atoms with Crippen molar-refractivity contribution in [3.63, 3.8) is 0 Å². The number of hydrogen-bond acceptors (Lipinski definition) is 23. The molecular formula is C75H121N29O16. The first kappa shape index (κ1) is 104. The smallest absolute Gasteiger partial charge is 0.406 e. The van der Waals surface area contributed by atoms with E-state index < -0.39 is 12.1 Å². The highest BCUT2D eigenvalue weighted by Gasteiger charge is 2.28. The highest BCUT2D eigenvalue weighted by Crippen LogP contribution is 2.27. The summed E-state index contributed by atoms with van der Waals surface area (Å²) in [5.74, 6) is 1.15. The summed E-state index contributed by atoms with van der Waals surface area (Å²) >= 11 is 0. The van der Waals surface area contributed by atoms with Gasteiger partial charge in [0.05, 0.1) is 7.11 Å². The van der Waals surface area contributed by atoms with Crippen molar-refractivity contribution in [3.8, 4) is 0 Å². The number of aromatic nitrogens is 14. The lowest BCUT2D eigenvalue weighted by Gasteiger charge is -2.34. The van der Waals surface area contributed by atoms with Crippen molar-refractivity contribution < 1.29 is 43.1 Å².